The summed E-state index contributed by atoms with van der Waals surface area (Å²) < 4.78 is 0. The van der Waals surface area contributed by atoms with Crippen LogP contribution in [0.15, 0.2) is 84.9 Å². The van der Waals surface area contributed by atoms with Crippen LogP contribution in [-0.4, -0.2) is 33.0 Å². The lowest BCUT2D eigenvalue weighted by Gasteiger charge is -2.16. The van der Waals surface area contributed by atoms with Crippen molar-refractivity contribution in [1.29, 1.82) is 0 Å². The summed E-state index contributed by atoms with van der Waals surface area (Å²) in [5.74, 6) is -1.57. The van der Waals surface area contributed by atoms with Crippen molar-refractivity contribution in [3.63, 3.8) is 0 Å². The fourth-order valence-corrected chi connectivity index (χ4v) is 3.95. The molecule has 1 amide bonds. The number of fused-ring (bicyclic) bond motifs is 3. The quantitative estimate of drug-likeness (QED) is 0.411. The number of amides is 1. The third-order valence-corrected chi connectivity index (χ3v) is 5.49. The Morgan fingerprint density at radius 1 is 0.750 bits per heavy atom. The molecule has 5 aromatic rings. The van der Waals surface area contributed by atoms with Crippen molar-refractivity contribution in [2.45, 2.75) is 12.5 Å². The van der Waals surface area contributed by atoms with Crippen LogP contribution in [0.25, 0.3) is 32.7 Å². The zero-order valence-corrected chi connectivity index (χ0v) is 17.0. The molecule has 0 aliphatic heterocycles. The molecule has 0 spiro atoms. The maximum Gasteiger partial charge on any atom is 0.326 e. The van der Waals surface area contributed by atoms with E-state index in [0.29, 0.717) is 33.1 Å². The van der Waals surface area contributed by atoms with Gasteiger partial charge in [-0.25, -0.2) is 9.78 Å². The number of carbonyl (C=O) groups is 2. The van der Waals surface area contributed by atoms with Crippen LogP contribution in [0, 0.1) is 0 Å². The number of pyridine rings is 2. The molecule has 2 heterocycles. The number of aromatic nitrogens is 2. The smallest absolute Gasteiger partial charge is 0.326 e. The Morgan fingerprint density at radius 3 is 2.00 bits per heavy atom. The van der Waals surface area contributed by atoms with E-state index in [-0.39, 0.29) is 6.42 Å². The molecule has 0 radical (unpaired) electrons. The molecule has 5 rings (SSSR count). The Kier molecular flexibility index (Phi) is 4.95. The minimum absolute atomic E-state index is 0.0762. The van der Waals surface area contributed by atoms with Gasteiger partial charge in [-0.3, -0.25) is 9.78 Å². The average molecular weight is 421 g/mol. The normalized spacial score (nSPS) is 12.1. The highest BCUT2D eigenvalue weighted by atomic mass is 16.4. The van der Waals surface area contributed by atoms with Gasteiger partial charge in [0.15, 0.2) is 0 Å². The second-order valence-corrected chi connectivity index (χ2v) is 7.58. The van der Waals surface area contributed by atoms with Crippen molar-refractivity contribution in [3.05, 3.63) is 96.2 Å². The first-order chi connectivity index (χ1) is 15.6. The van der Waals surface area contributed by atoms with Crippen LogP contribution < -0.4 is 5.32 Å². The van der Waals surface area contributed by atoms with E-state index in [1.807, 2.05) is 78.9 Å². The van der Waals surface area contributed by atoms with Crippen molar-refractivity contribution >= 4 is 44.6 Å². The predicted molar refractivity (Wildman–Crippen MR) is 124 cm³/mol. The number of hydrogen-bond donors (Lipinski definition) is 2. The van der Waals surface area contributed by atoms with Crippen LogP contribution in [0.4, 0.5) is 0 Å². The monoisotopic (exact) mass is 421 g/mol. The van der Waals surface area contributed by atoms with Gasteiger partial charge in [0.05, 0.1) is 22.1 Å². The number of para-hydroxylation sites is 3. The molecular weight excluding hydrogens is 402 g/mol. The van der Waals surface area contributed by atoms with Crippen LogP contribution in [-0.2, 0) is 11.2 Å². The van der Waals surface area contributed by atoms with Crippen molar-refractivity contribution in [3.8, 4) is 0 Å². The molecule has 0 fully saturated rings. The van der Waals surface area contributed by atoms with Gasteiger partial charge < -0.3 is 10.4 Å². The number of carbonyl (C=O) groups excluding carboxylic acids is 1. The van der Waals surface area contributed by atoms with Crippen LogP contribution >= 0.6 is 0 Å². The zero-order valence-electron chi connectivity index (χ0n) is 17.0. The van der Waals surface area contributed by atoms with Gasteiger partial charge in [0.2, 0.25) is 0 Å². The van der Waals surface area contributed by atoms with Crippen molar-refractivity contribution in [2.75, 3.05) is 0 Å². The maximum atomic E-state index is 13.4. The third kappa shape index (κ3) is 3.63. The van der Waals surface area contributed by atoms with Crippen molar-refractivity contribution in [1.82, 2.24) is 15.3 Å². The number of benzene rings is 3. The number of nitrogens with zero attached hydrogens (tertiary/aromatic N) is 2. The van der Waals surface area contributed by atoms with Gasteiger partial charge >= 0.3 is 5.97 Å². The minimum atomic E-state index is -1.12. The lowest BCUT2D eigenvalue weighted by atomic mass is 10.0. The molecule has 0 saturated carbocycles. The summed E-state index contributed by atoms with van der Waals surface area (Å²) in [4.78, 5) is 34.6. The molecule has 32 heavy (non-hydrogen) atoms. The minimum Gasteiger partial charge on any atom is -0.480 e. The third-order valence-electron chi connectivity index (χ3n) is 5.49. The first-order valence-electron chi connectivity index (χ1n) is 10.3. The largest absolute Gasteiger partial charge is 0.480 e. The number of aliphatic carboxylic acids is 1. The molecule has 0 aliphatic carbocycles. The Morgan fingerprint density at radius 2 is 1.34 bits per heavy atom. The molecule has 2 aromatic heterocycles. The standard InChI is InChI=1S/C26H19N3O3/c30-25(24-18-8-2-5-11-21(18)28-22-12-6-3-9-19(22)24)29-23(26(31)32)15-17-14-13-16-7-1-4-10-20(16)27-17/h1-14,23H,15H2,(H,29,30)(H,31,32)/t23-/m0/s1. The number of carboxylic acid groups (broad SMARTS) is 1. The average Bonchev–Trinajstić information content (AvgIpc) is 2.81. The molecule has 0 bridgehead atoms. The number of nitrogens with one attached hydrogen (secondary N) is 1. The lowest BCUT2D eigenvalue weighted by Crippen LogP contribution is -2.42. The summed E-state index contributed by atoms with van der Waals surface area (Å²) in [6.45, 7) is 0. The summed E-state index contributed by atoms with van der Waals surface area (Å²) in [7, 11) is 0. The summed E-state index contributed by atoms with van der Waals surface area (Å²) in [5, 5.41) is 14.9. The van der Waals surface area contributed by atoms with E-state index >= 15 is 0 Å². The van der Waals surface area contributed by atoms with Gasteiger partial charge in [-0.15, -0.1) is 0 Å². The van der Waals surface area contributed by atoms with E-state index in [0.717, 1.165) is 10.9 Å². The Hall–Kier alpha value is -4.32. The van der Waals surface area contributed by atoms with Crippen molar-refractivity contribution in [2.24, 2.45) is 0 Å². The van der Waals surface area contributed by atoms with Gasteiger partial charge in [0.25, 0.3) is 5.91 Å². The molecule has 1 atom stereocenters. The highest BCUT2D eigenvalue weighted by Crippen LogP contribution is 2.26. The van der Waals surface area contributed by atoms with E-state index in [9.17, 15) is 14.7 Å². The first kappa shape index (κ1) is 19.6. The van der Waals surface area contributed by atoms with E-state index < -0.39 is 17.9 Å². The van der Waals surface area contributed by atoms with Gasteiger partial charge in [-0.05, 0) is 24.3 Å². The van der Waals surface area contributed by atoms with Gasteiger partial charge in [0, 0.05) is 28.3 Å². The molecule has 156 valence electrons. The second kappa shape index (κ2) is 8.07. The molecular formula is C26H19N3O3. The molecule has 2 N–H and O–H groups in total. The summed E-state index contributed by atoms with van der Waals surface area (Å²) in [5.41, 5.74) is 3.16. The summed E-state index contributed by atoms with van der Waals surface area (Å²) in [6.07, 6.45) is 0.0762. The second-order valence-electron chi connectivity index (χ2n) is 7.58. The Balaban J connectivity index is 1.51. The molecule has 0 saturated heterocycles. The first-order valence-corrected chi connectivity index (χ1v) is 10.3. The SMILES string of the molecule is O=C(N[C@@H](Cc1ccc2ccccc2n1)C(=O)O)c1c2ccccc2nc2ccccc12. The molecule has 0 aliphatic rings. The highest BCUT2D eigenvalue weighted by Gasteiger charge is 2.24. The molecule has 0 unspecified atom stereocenters. The van der Waals surface area contributed by atoms with Gasteiger partial charge in [0.1, 0.15) is 6.04 Å². The van der Waals surface area contributed by atoms with E-state index in [2.05, 4.69) is 15.3 Å². The molecule has 6 heteroatoms. The van der Waals surface area contributed by atoms with Gasteiger partial charge in [-0.2, -0.15) is 0 Å². The number of hydrogen-bond acceptors (Lipinski definition) is 4. The number of carboxylic acids is 1. The lowest BCUT2D eigenvalue weighted by molar-refractivity contribution is -0.139. The molecule has 3 aromatic carbocycles. The van der Waals surface area contributed by atoms with Crippen LogP contribution in [0.5, 0.6) is 0 Å². The fraction of sp³-hybridized carbons (Fsp3) is 0.0769. The fourth-order valence-electron chi connectivity index (χ4n) is 3.95. The van der Waals surface area contributed by atoms with Crippen LogP contribution in [0.2, 0.25) is 0 Å². The topological polar surface area (TPSA) is 92.2 Å². The van der Waals surface area contributed by atoms with Crippen LogP contribution in [0.1, 0.15) is 16.1 Å². The van der Waals surface area contributed by atoms with E-state index in [4.69, 9.17) is 0 Å². The van der Waals surface area contributed by atoms with Gasteiger partial charge in [-0.1, -0.05) is 60.7 Å². The maximum absolute atomic E-state index is 13.4. The Labute approximate surface area is 183 Å². The Bertz CT molecular complexity index is 1440. The highest BCUT2D eigenvalue weighted by molar-refractivity contribution is 6.16. The molecule has 6 nitrogen and oxygen atoms in total. The van der Waals surface area contributed by atoms with E-state index in [1.54, 1.807) is 6.07 Å². The predicted octanol–water partition coefficient (Wildman–Crippen LogP) is 4.36. The van der Waals surface area contributed by atoms with E-state index in [1.165, 1.54) is 0 Å². The summed E-state index contributed by atoms with van der Waals surface area (Å²) >= 11 is 0. The zero-order chi connectivity index (χ0) is 22.1. The van der Waals surface area contributed by atoms with Crippen LogP contribution in [0.3, 0.4) is 0 Å². The summed E-state index contributed by atoms with van der Waals surface area (Å²) in [6, 6.07) is 24.9. The number of rotatable bonds is 5. The van der Waals surface area contributed by atoms with Crippen molar-refractivity contribution < 1.29 is 14.7 Å².